The van der Waals surface area contributed by atoms with Gasteiger partial charge >= 0.3 is 0 Å². The van der Waals surface area contributed by atoms with E-state index in [0.717, 1.165) is 23.7 Å². The van der Waals surface area contributed by atoms with Crippen LogP contribution in [-0.2, 0) is 9.59 Å². The first kappa shape index (κ1) is 9.52. The predicted octanol–water partition coefficient (Wildman–Crippen LogP) is 1.71. The van der Waals surface area contributed by atoms with Gasteiger partial charge in [0, 0.05) is 24.1 Å². The second-order valence-corrected chi connectivity index (χ2v) is 3.39. The summed E-state index contributed by atoms with van der Waals surface area (Å²) in [7, 11) is 0. The molecule has 12 heavy (non-hydrogen) atoms. The molecule has 68 valence electrons. The maximum Gasteiger partial charge on any atom is 0.247 e. The summed E-state index contributed by atoms with van der Waals surface area (Å²) in [6.45, 7) is 2.06. The van der Waals surface area contributed by atoms with Crippen molar-refractivity contribution in [2.75, 3.05) is 0 Å². The van der Waals surface area contributed by atoms with Gasteiger partial charge in [-0.1, -0.05) is 19.8 Å². The van der Waals surface area contributed by atoms with E-state index in [-0.39, 0.29) is 17.7 Å². The summed E-state index contributed by atoms with van der Waals surface area (Å²) < 4.78 is 0.723. The highest BCUT2D eigenvalue weighted by atomic mass is 35.5. The number of carbonyl (C=O) groups is 2. The second kappa shape index (κ2) is 3.90. The van der Waals surface area contributed by atoms with Gasteiger partial charge in [-0.15, -0.1) is 0 Å². The van der Waals surface area contributed by atoms with Crippen LogP contribution >= 0.6 is 11.8 Å². The molecule has 1 aliphatic rings. The summed E-state index contributed by atoms with van der Waals surface area (Å²) in [6, 6.07) is 0. The van der Waals surface area contributed by atoms with E-state index in [2.05, 4.69) is 6.92 Å². The van der Waals surface area contributed by atoms with Crippen LogP contribution in [0, 0.1) is 5.92 Å². The van der Waals surface area contributed by atoms with Gasteiger partial charge in [-0.05, 0) is 6.42 Å². The molecule has 0 N–H and O–H groups in total. The summed E-state index contributed by atoms with van der Waals surface area (Å²) in [5.41, 5.74) is 0. The van der Waals surface area contributed by atoms with E-state index in [9.17, 15) is 9.59 Å². The van der Waals surface area contributed by atoms with Crippen LogP contribution in [0.3, 0.4) is 0 Å². The number of rotatable bonds is 3. The molecule has 4 heteroatoms. The summed E-state index contributed by atoms with van der Waals surface area (Å²) in [4.78, 5) is 22.1. The number of carbonyl (C=O) groups excluding carboxylic acids is 2. The molecular formula is C8H12ClNO2. The normalized spacial score (nSPS) is 23.8. The SMILES string of the molecule is CCCCC1CC(=O)N(Cl)C1=O. The molecule has 1 saturated heterocycles. The number of unbranched alkanes of at least 4 members (excludes halogenated alkanes) is 1. The molecule has 0 radical (unpaired) electrons. The van der Waals surface area contributed by atoms with Gasteiger partial charge in [-0.25, -0.2) is 0 Å². The largest absolute Gasteiger partial charge is 0.273 e. The summed E-state index contributed by atoms with van der Waals surface area (Å²) in [5.74, 6) is -0.646. The van der Waals surface area contributed by atoms with Crippen molar-refractivity contribution in [3.63, 3.8) is 0 Å². The standard InChI is InChI=1S/C8H12ClNO2/c1-2-3-4-6-5-7(11)10(9)8(6)12/h6H,2-5H2,1H3. The topological polar surface area (TPSA) is 37.4 Å². The summed E-state index contributed by atoms with van der Waals surface area (Å²) in [5, 5.41) is 0. The van der Waals surface area contributed by atoms with Gasteiger partial charge in [-0.3, -0.25) is 9.59 Å². The Balaban J connectivity index is 2.47. The molecule has 0 saturated carbocycles. The zero-order valence-corrected chi connectivity index (χ0v) is 7.80. The monoisotopic (exact) mass is 189 g/mol. The van der Waals surface area contributed by atoms with Gasteiger partial charge in [0.2, 0.25) is 11.8 Å². The molecule has 1 aliphatic heterocycles. The Bertz CT molecular complexity index is 205. The lowest BCUT2D eigenvalue weighted by atomic mass is 10.0. The van der Waals surface area contributed by atoms with Crippen LogP contribution in [0.4, 0.5) is 0 Å². The molecule has 0 aliphatic carbocycles. The first-order valence-corrected chi connectivity index (χ1v) is 4.53. The highest BCUT2D eigenvalue weighted by molar-refractivity contribution is 6.32. The Labute approximate surface area is 76.8 Å². The van der Waals surface area contributed by atoms with Crippen LogP contribution in [0.15, 0.2) is 0 Å². The average Bonchev–Trinajstić information content (AvgIpc) is 2.30. The molecule has 1 rings (SSSR count). The molecule has 0 spiro atoms. The Kier molecular flexibility index (Phi) is 3.09. The summed E-state index contributed by atoms with van der Waals surface area (Å²) >= 11 is 5.42. The number of hydrogen-bond acceptors (Lipinski definition) is 2. The predicted molar refractivity (Wildman–Crippen MR) is 45.3 cm³/mol. The van der Waals surface area contributed by atoms with Gasteiger partial charge in [0.05, 0.1) is 0 Å². The van der Waals surface area contributed by atoms with Crippen LogP contribution in [-0.4, -0.2) is 16.2 Å². The van der Waals surface area contributed by atoms with Gasteiger partial charge in [0.1, 0.15) is 0 Å². The van der Waals surface area contributed by atoms with Gasteiger partial charge < -0.3 is 0 Å². The van der Waals surface area contributed by atoms with E-state index >= 15 is 0 Å². The van der Waals surface area contributed by atoms with Crippen molar-refractivity contribution in [2.45, 2.75) is 32.6 Å². The lowest BCUT2D eigenvalue weighted by molar-refractivity contribution is -0.133. The average molecular weight is 190 g/mol. The number of hydrogen-bond donors (Lipinski definition) is 0. The fourth-order valence-electron chi connectivity index (χ4n) is 1.34. The third-order valence-electron chi connectivity index (χ3n) is 2.09. The minimum atomic E-state index is -0.261. The third kappa shape index (κ3) is 1.78. The maximum absolute atomic E-state index is 11.2. The highest BCUT2D eigenvalue weighted by Crippen LogP contribution is 2.25. The first-order valence-electron chi connectivity index (χ1n) is 4.19. The van der Waals surface area contributed by atoms with Crippen molar-refractivity contribution in [3.8, 4) is 0 Å². The van der Waals surface area contributed by atoms with E-state index in [1.54, 1.807) is 0 Å². The summed E-state index contributed by atoms with van der Waals surface area (Å²) in [6.07, 6.45) is 3.10. The highest BCUT2D eigenvalue weighted by Gasteiger charge is 2.36. The maximum atomic E-state index is 11.2. The van der Waals surface area contributed by atoms with Crippen molar-refractivity contribution in [1.29, 1.82) is 0 Å². The molecule has 1 fully saturated rings. The van der Waals surface area contributed by atoms with E-state index in [1.165, 1.54) is 0 Å². The van der Waals surface area contributed by atoms with Crippen molar-refractivity contribution in [1.82, 2.24) is 4.42 Å². The zero-order valence-electron chi connectivity index (χ0n) is 7.05. The van der Waals surface area contributed by atoms with Crippen LogP contribution in [0.2, 0.25) is 0 Å². The third-order valence-corrected chi connectivity index (χ3v) is 2.44. The van der Waals surface area contributed by atoms with Crippen LogP contribution in [0.1, 0.15) is 32.6 Å². The minimum Gasteiger partial charge on any atom is -0.273 e. The fourth-order valence-corrected chi connectivity index (χ4v) is 1.54. The van der Waals surface area contributed by atoms with E-state index in [4.69, 9.17) is 11.8 Å². The molecule has 0 bridgehead atoms. The van der Waals surface area contributed by atoms with Crippen molar-refractivity contribution >= 4 is 23.6 Å². The van der Waals surface area contributed by atoms with E-state index in [1.807, 2.05) is 0 Å². The molecule has 0 aromatic heterocycles. The Morgan fingerprint density at radius 1 is 1.58 bits per heavy atom. The molecule has 1 heterocycles. The fraction of sp³-hybridized carbons (Fsp3) is 0.750. The molecule has 1 unspecified atom stereocenters. The first-order chi connectivity index (χ1) is 5.66. The lowest BCUT2D eigenvalue weighted by Crippen LogP contribution is -2.20. The van der Waals surface area contributed by atoms with Gasteiger partial charge in [-0.2, -0.15) is 4.42 Å². The smallest absolute Gasteiger partial charge is 0.247 e. The number of halogens is 1. The Hall–Kier alpha value is -0.570. The second-order valence-electron chi connectivity index (χ2n) is 3.06. The minimum absolute atomic E-state index is 0.157. The molecule has 2 amide bonds. The van der Waals surface area contributed by atoms with E-state index < -0.39 is 0 Å². The molecule has 0 aromatic rings. The zero-order chi connectivity index (χ0) is 9.14. The lowest BCUT2D eigenvalue weighted by Gasteiger charge is -2.04. The van der Waals surface area contributed by atoms with Crippen LogP contribution < -0.4 is 0 Å². The quantitative estimate of drug-likeness (QED) is 0.501. The van der Waals surface area contributed by atoms with Crippen LogP contribution in [0.5, 0.6) is 0 Å². The van der Waals surface area contributed by atoms with Crippen molar-refractivity contribution in [2.24, 2.45) is 5.92 Å². The molecule has 0 aromatic carbocycles. The molecule has 1 atom stereocenters. The Morgan fingerprint density at radius 2 is 2.25 bits per heavy atom. The number of imide groups is 1. The van der Waals surface area contributed by atoms with Gasteiger partial charge in [0.25, 0.3) is 0 Å². The molecule has 3 nitrogen and oxygen atoms in total. The Morgan fingerprint density at radius 3 is 2.67 bits per heavy atom. The van der Waals surface area contributed by atoms with Crippen LogP contribution in [0.25, 0.3) is 0 Å². The van der Waals surface area contributed by atoms with Crippen molar-refractivity contribution in [3.05, 3.63) is 0 Å². The number of nitrogens with zero attached hydrogens (tertiary/aromatic N) is 1. The molecular weight excluding hydrogens is 178 g/mol. The van der Waals surface area contributed by atoms with Gasteiger partial charge in [0.15, 0.2) is 0 Å². The number of amides is 2. The van der Waals surface area contributed by atoms with E-state index in [0.29, 0.717) is 6.42 Å². The van der Waals surface area contributed by atoms with Crippen molar-refractivity contribution < 1.29 is 9.59 Å².